The van der Waals surface area contributed by atoms with Crippen LogP contribution in [0.1, 0.15) is 44.9 Å². The van der Waals surface area contributed by atoms with Crippen molar-refractivity contribution in [2.75, 3.05) is 11.5 Å². The van der Waals surface area contributed by atoms with Gasteiger partial charge in [0.15, 0.2) is 0 Å². The molecule has 0 aromatic rings. The van der Waals surface area contributed by atoms with Gasteiger partial charge in [-0.05, 0) is 61.9 Å². The molecule has 3 rings (SSSR count). The largest absolute Gasteiger partial charge is 0.353 e. The van der Waals surface area contributed by atoms with Crippen LogP contribution in [0.4, 0.5) is 0 Å². The smallest absolute Gasteiger partial charge is 0.223 e. The van der Waals surface area contributed by atoms with Crippen molar-refractivity contribution in [3.63, 3.8) is 0 Å². The molecule has 2 atom stereocenters. The molecule has 19 heavy (non-hydrogen) atoms. The maximum Gasteiger partial charge on any atom is 0.223 e. The third-order valence-corrected chi connectivity index (χ3v) is 6.40. The molecule has 3 aliphatic rings. The van der Waals surface area contributed by atoms with Crippen LogP contribution in [0.2, 0.25) is 0 Å². The molecule has 1 aliphatic heterocycles. The first-order valence-corrected chi connectivity index (χ1v) is 9.03. The second kappa shape index (κ2) is 6.04. The van der Waals surface area contributed by atoms with Crippen molar-refractivity contribution >= 4 is 17.7 Å². The van der Waals surface area contributed by atoms with Gasteiger partial charge in [0.25, 0.3) is 0 Å². The Morgan fingerprint density at radius 3 is 2.32 bits per heavy atom. The van der Waals surface area contributed by atoms with Crippen molar-refractivity contribution in [1.82, 2.24) is 5.32 Å². The average molecular weight is 282 g/mol. The maximum atomic E-state index is 12.4. The highest BCUT2D eigenvalue weighted by Gasteiger charge is 2.40. The topological polar surface area (TPSA) is 55.1 Å². The molecule has 1 saturated heterocycles. The minimum atomic E-state index is 0.240. The molecule has 3 fully saturated rings. The lowest BCUT2D eigenvalue weighted by molar-refractivity contribution is -0.128. The first-order chi connectivity index (χ1) is 9.24. The molecule has 1 amide bonds. The fourth-order valence-corrected chi connectivity index (χ4v) is 5.27. The lowest BCUT2D eigenvalue weighted by atomic mass is 9.65. The molecular weight excluding hydrogens is 256 g/mol. The first kappa shape index (κ1) is 13.7. The molecule has 0 aromatic carbocycles. The normalized spacial score (nSPS) is 39.8. The Balaban J connectivity index is 1.55. The van der Waals surface area contributed by atoms with Gasteiger partial charge in [-0.25, -0.2) is 0 Å². The highest BCUT2D eigenvalue weighted by molar-refractivity contribution is 7.99. The molecule has 108 valence electrons. The standard InChI is InChI=1S/C15H26N2OS/c16-14-10-2-1-3-11(14)9-12(8-10)15(18)17-13-4-6-19-7-5-13/h10-14H,1-9,16H2,(H,17,18). The number of carbonyl (C=O) groups is 1. The van der Waals surface area contributed by atoms with E-state index in [1.54, 1.807) is 0 Å². The van der Waals surface area contributed by atoms with Crippen LogP contribution in [0, 0.1) is 17.8 Å². The Morgan fingerprint density at radius 1 is 1.05 bits per heavy atom. The monoisotopic (exact) mass is 282 g/mol. The summed E-state index contributed by atoms with van der Waals surface area (Å²) in [5.41, 5.74) is 6.30. The Bertz CT molecular complexity index is 316. The van der Waals surface area contributed by atoms with E-state index < -0.39 is 0 Å². The Labute approximate surface area is 120 Å². The lowest BCUT2D eigenvalue weighted by Crippen LogP contribution is -2.50. The molecule has 0 spiro atoms. The second-order valence-corrected chi connectivity index (χ2v) is 7.82. The van der Waals surface area contributed by atoms with Gasteiger partial charge in [0, 0.05) is 18.0 Å². The number of nitrogens with two attached hydrogens (primary N) is 1. The number of nitrogens with one attached hydrogen (secondary N) is 1. The quantitative estimate of drug-likeness (QED) is 0.816. The van der Waals surface area contributed by atoms with Gasteiger partial charge in [0.05, 0.1) is 0 Å². The third-order valence-electron chi connectivity index (χ3n) is 5.35. The van der Waals surface area contributed by atoms with Crippen LogP contribution in [0.5, 0.6) is 0 Å². The maximum absolute atomic E-state index is 12.4. The molecule has 0 radical (unpaired) electrons. The van der Waals surface area contributed by atoms with Crippen LogP contribution < -0.4 is 11.1 Å². The molecule has 2 bridgehead atoms. The fraction of sp³-hybridized carbons (Fsp3) is 0.933. The van der Waals surface area contributed by atoms with E-state index in [1.165, 1.54) is 30.8 Å². The van der Waals surface area contributed by atoms with Crippen LogP contribution in [-0.4, -0.2) is 29.5 Å². The van der Waals surface area contributed by atoms with Crippen molar-refractivity contribution in [3.05, 3.63) is 0 Å². The third kappa shape index (κ3) is 3.10. The van der Waals surface area contributed by atoms with Gasteiger partial charge in [0.1, 0.15) is 0 Å². The number of rotatable bonds is 2. The van der Waals surface area contributed by atoms with Gasteiger partial charge in [-0.2, -0.15) is 11.8 Å². The number of hydrogen-bond acceptors (Lipinski definition) is 3. The fourth-order valence-electron chi connectivity index (χ4n) is 4.16. The molecule has 2 saturated carbocycles. The van der Waals surface area contributed by atoms with Gasteiger partial charge >= 0.3 is 0 Å². The molecule has 1 heterocycles. The van der Waals surface area contributed by atoms with E-state index >= 15 is 0 Å². The van der Waals surface area contributed by atoms with E-state index in [0.29, 0.717) is 29.8 Å². The molecule has 2 unspecified atom stereocenters. The van der Waals surface area contributed by atoms with Crippen LogP contribution in [0.25, 0.3) is 0 Å². The Morgan fingerprint density at radius 2 is 1.68 bits per heavy atom. The number of carbonyl (C=O) groups excluding carboxylic acids is 1. The van der Waals surface area contributed by atoms with Crippen molar-refractivity contribution in [1.29, 1.82) is 0 Å². The highest BCUT2D eigenvalue weighted by atomic mass is 32.2. The Kier molecular flexibility index (Phi) is 4.37. The van der Waals surface area contributed by atoms with Crippen LogP contribution in [-0.2, 0) is 4.79 Å². The molecule has 3 nitrogen and oxygen atoms in total. The minimum absolute atomic E-state index is 0.240. The molecule has 4 heteroatoms. The number of amides is 1. The number of thioether (sulfide) groups is 1. The minimum Gasteiger partial charge on any atom is -0.353 e. The van der Waals surface area contributed by atoms with Gasteiger partial charge in [-0.1, -0.05) is 6.42 Å². The van der Waals surface area contributed by atoms with E-state index in [-0.39, 0.29) is 5.92 Å². The van der Waals surface area contributed by atoms with Gasteiger partial charge in [-0.15, -0.1) is 0 Å². The van der Waals surface area contributed by atoms with Gasteiger partial charge in [0.2, 0.25) is 5.91 Å². The van der Waals surface area contributed by atoms with Crippen molar-refractivity contribution in [2.45, 2.75) is 57.0 Å². The summed E-state index contributed by atoms with van der Waals surface area (Å²) >= 11 is 2.01. The zero-order chi connectivity index (χ0) is 13.2. The summed E-state index contributed by atoms with van der Waals surface area (Å²) in [6.45, 7) is 0. The van der Waals surface area contributed by atoms with Crippen molar-refractivity contribution < 1.29 is 4.79 Å². The van der Waals surface area contributed by atoms with Crippen LogP contribution in [0.3, 0.4) is 0 Å². The summed E-state index contributed by atoms with van der Waals surface area (Å²) in [7, 11) is 0. The molecule has 2 aliphatic carbocycles. The SMILES string of the molecule is NC1C2CCCC1CC(C(=O)NC1CCSCC1)C2. The number of fused-ring (bicyclic) bond motifs is 2. The van der Waals surface area contributed by atoms with E-state index in [1.807, 2.05) is 11.8 Å². The van der Waals surface area contributed by atoms with Crippen molar-refractivity contribution in [2.24, 2.45) is 23.5 Å². The van der Waals surface area contributed by atoms with E-state index in [4.69, 9.17) is 5.73 Å². The zero-order valence-electron chi connectivity index (χ0n) is 11.6. The molecule has 0 aromatic heterocycles. The van der Waals surface area contributed by atoms with E-state index in [0.717, 1.165) is 25.7 Å². The summed E-state index contributed by atoms with van der Waals surface area (Å²) in [5, 5.41) is 3.30. The summed E-state index contributed by atoms with van der Waals surface area (Å²) in [5.74, 6) is 4.16. The second-order valence-electron chi connectivity index (χ2n) is 6.59. The lowest BCUT2D eigenvalue weighted by Gasteiger charge is -2.43. The zero-order valence-corrected chi connectivity index (χ0v) is 12.5. The van der Waals surface area contributed by atoms with Crippen LogP contribution >= 0.6 is 11.8 Å². The summed E-state index contributed by atoms with van der Waals surface area (Å²) in [6.07, 6.45) is 8.15. The van der Waals surface area contributed by atoms with Crippen molar-refractivity contribution in [3.8, 4) is 0 Å². The first-order valence-electron chi connectivity index (χ1n) is 7.87. The van der Waals surface area contributed by atoms with E-state index in [9.17, 15) is 4.79 Å². The predicted octanol–water partition coefficient (Wildman–Crippen LogP) is 2.15. The molecule has 3 N–H and O–H groups in total. The Hall–Kier alpha value is -0.220. The summed E-state index contributed by atoms with van der Waals surface area (Å²) < 4.78 is 0. The summed E-state index contributed by atoms with van der Waals surface area (Å²) in [4.78, 5) is 12.4. The molecular formula is C15H26N2OS. The average Bonchev–Trinajstić information content (AvgIpc) is 2.39. The van der Waals surface area contributed by atoms with Gasteiger partial charge < -0.3 is 11.1 Å². The predicted molar refractivity (Wildman–Crippen MR) is 80.0 cm³/mol. The van der Waals surface area contributed by atoms with E-state index in [2.05, 4.69) is 5.32 Å². The summed E-state index contributed by atoms with van der Waals surface area (Å²) in [6, 6.07) is 0.799. The van der Waals surface area contributed by atoms with Crippen LogP contribution in [0.15, 0.2) is 0 Å². The highest BCUT2D eigenvalue weighted by Crippen LogP contribution is 2.42. The number of hydrogen-bond donors (Lipinski definition) is 2. The van der Waals surface area contributed by atoms with Gasteiger partial charge in [-0.3, -0.25) is 4.79 Å².